The molecule has 3 heteroatoms. The van der Waals surface area contributed by atoms with Crippen molar-refractivity contribution in [3.05, 3.63) is 42.5 Å². The van der Waals surface area contributed by atoms with E-state index in [1.165, 1.54) is 19.3 Å². The third kappa shape index (κ3) is 4.76. The number of nitrogens with one attached hydrogen (secondary N) is 1. The zero-order valence-corrected chi connectivity index (χ0v) is 13.5. The standard InChI is InChI=1S/C19H25NO2/c1-3-4-5-6-10-15(2)22-19(21)20-18-14-9-12-16-11-7-8-13-17(16)18/h7-9,11-15H,3-6,10H2,1-2H3,(H,20,21)/t15-/m0/s1. The molecule has 118 valence electrons. The molecule has 1 N–H and O–H groups in total. The molecule has 0 bridgehead atoms. The van der Waals surface area contributed by atoms with Crippen LogP contribution >= 0.6 is 0 Å². The maximum atomic E-state index is 12.0. The largest absolute Gasteiger partial charge is 0.446 e. The smallest absolute Gasteiger partial charge is 0.411 e. The Morgan fingerprint density at radius 2 is 1.86 bits per heavy atom. The van der Waals surface area contributed by atoms with Gasteiger partial charge in [-0.25, -0.2) is 4.79 Å². The highest BCUT2D eigenvalue weighted by Gasteiger charge is 2.10. The van der Waals surface area contributed by atoms with Gasteiger partial charge in [0.25, 0.3) is 0 Å². The lowest BCUT2D eigenvalue weighted by Gasteiger charge is -2.14. The molecule has 0 saturated carbocycles. The molecule has 3 nitrogen and oxygen atoms in total. The summed E-state index contributed by atoms with van der Waals surface area (Å²) in [6, 6.07) is 13.9. The Morgan fingerprint density at radius 1 is 1.09 bits per heavy atom. The Hall–Kier alpha value is -2.03. The first-order chi connectivity index (χ1) is 10.7. The molecule has 22 heavy (non-hydrogen) atoms. The average molecular weight is 299 g/mol. The molecule has 0 aliphatic carbocycles. The lowest BCUT2D eigenvalue weighted by Crippen LogP contribution is -2.20. The van der Waals surface area contributed by atoms with Gasteiger partial charge in [-0.1, -0.05) is 62.6 Å². The Kier molecular flexibility index (Phi) is 6.26. The number of hydrogen-bond donors (Lipinski definition) is 1. The van der Waals surface area contributed by atoms with Gasteiger partial charge in [0.2, 0.25) is 0 Å². The first-order valence-corrected chi connectivity index (χ1v) is 8.16. The molecule has 0 aliphatic rings. The number of amides is 1. The zero-order chi connectivity index (χ0) is 15.8. The molecule has 0 radical (unpaired) electrons. The van der Waals surface area contributed by atoms with Crippen LogP contribution in [0.4, 0.5) is 10.5 Å². The second-order valence-electron chi connectivity index (χ2n) is 5.72. The second-order valence-corrected chi connectivity index (χ2v) is 5.72. The van der Waals surface area contributed by atoms with Crippen molar-refractivity contribution in [2.45, 2.75) is 52.1 Å². The van der Waals surface area contributed by atoms with E-state index >= 15 is 0 Å². The molecule has 2 aromatic carbocycles. The van der Waals surface area contributed by atoms with E-state index in [0.29, 0.717) is 0 Å². The fourth-order valence-corrected chi connectivity index (χ4v) is 2.57. The molecule has 0 spiro atoms. The molecule has 1 atom stereocenters. The van der Waals surface area contributed by atoms with E-state index in [1.807, 2.05) is 49.4 Å². The van der Waals surface area contributed by atoms with Gasteiger partial charge in [-0.3, -0.25) is 5.32 Å². The number of anilines is 1. The van der Waals surface area contributed by atoms with Crippen LogP contribution in [-0.4, -0.2) is 12.2 Å². The Balaban J connectivity index is 1.88. The quantitative estimate of drug-likeness (QED) is 0.661. The highest BCUT2D eigenvalue weighted by molar-refractivity contribution is 6.00. The molecule has 2 aromatic rings. The molecule has 2 rings (SSSR count). The van der Waals surface area contributed by atoms with Crippen LogP contribution in [0.15, 0.2) is 42.5 Å². The average Bonchev–Trinajstić information content (AvgIpc) is 2.52. The van der Waals surface area contributed by atoms with Gasteiger partial charge in [0.1, 0.15) is 6.10 Å². The van der Waals surface area contributed by atoms with E-state index in [1.54, 1.807) is 0 Å². The van der Waals surface area contributed by atoms with Crippen molar-refractivity contribution in [2.75, 3.05) is 5.32 Å². The molecule has 0 aliphatic heterocycles. The normalized spacial score (nSPS) is 12.1. The van der Waals surface area contributed by atoms with Crippen LogP contribution in [0.2, 0.25) is 0 Å². The number of ether oxygens (including phenoxy) is 1. The Bertz CT molecular complexity index is 604. The summed E-state index contributed by atoms with van der Waals surface area (Å²) >= 11 is 0. The van der Waals surface area contributed by atoms with Crippen LogP contribution in [-0.2, 0) is 4.74 Å². The van der Waals surface area contributed by atoms with E-state index in [9.17, 15) is 4.79 Å². The van der Waals surface area contributed by atoms with Crippen LogP contribution in [0.5, 0.6) is 0 Å². The van der Waals surface area contributed by atoms with Crippen molar-refractivity contribution < 1.29 is 9.53 Å². The van der Waals surface area contributed by atoms with Crippen LogP contribution in [0.25, 0.3) is 10.8 Å². The van der Waals surface area contributed by atoms with Gasteiger partial charge >= 0.3 is 6.09 Å². The highest BCUT2D eigenvalue weighted by Crippen LogP contribution is 2.23. The first-order valence-electron chi connectivity index (χ1n) is 8.16. The van der Waals surface area contributed by atoms with Crippen molar-refractivity contribution in [1.82, 2.24) is 0 Å². The lowest BCUT2D eigenvalue weighted by atomic mass is 10.1. The Labute approximate surface area is 132 Å². The van der Waals surface area contributed by atoms with Gasteiger partial charge in [-0.15, -0.1) is 0 Å². The predicted octanol–water partition coefficient (Wildman–Crippen LogP) is 5.75. The lowest BCUT2D eigenvalue weighted by molar-refractivity contribution is 0.114. The second kappa shape index (κ2) is 8.42. The summed E-state index contributed by atoms with van der Waals surface area (Å²) < 4.78 is 5.43. The van der Waals surface area contributed by atoms with Crippen molar-refractivity contribution >= 4 is 22.6 Å². The summed E-state index contributed by atoms with van der Waals surface area (Å²) in [6.45, 7) is 4.15. The van der Waals surface area contributed by atoms with E-state index in [-0.39, 0.29) is 12.2 Å². The van der Waals surface area contributed by atoms with Crippen LogP contribution < -0.4 is 5.32 Å². The highest BCUT2D eigenvalue weighted by atomic mass is 16.6. The molecule has 0 saturated heterocycles. The van der Waals surface area contributed by atoms with Crippen molar-refractivity contribution in [3.8, 4) is 0 Å². The summed E-state index contributed by atoms with van der Waals surface area (Å²) in [4.78, 5) is 12.0. The monoisotopic (exact) mass is 299 g/mol. The minimum Gasteiger partial charge on any atom is -0.446 e. The van der Waals surface area contributed by atoms with Crippen molar-refractivity contribution in [3.63, 3.8) is 0 Å². The molecule has 0 aromatic heterocycles. The van der Waals surface area contributed by atoms with Crippen molar-refractivity contribution in [1.29, 1.82) is 0 Å². The van der Waals surface area contributed by atoms with Gasteiger partial charge in [-0.2, -0.15) is 0 Å². The number of rotatable bonds is 7. The summed E-state index contributed by atoms with van der Waals surface area (Å²) in [7, 11) is 0. The third-order valence-electron chi connectivity index (χ3n) is 3.80. The Morgan fingerprint density at radius 3 is 2.68 bits per heavy atom. The fourth-order valence-electron chi connectivity index (χ4n) is 2.57. The number of fused-ring (bicyclic) bond motifs is 1. The van der Waals surface area contributed by atoms with Crippen molar-refractivity contribution in [2.24, 2.45) is 0 Å². The maximum absolute atomic E-state index is 12.0. The topological polar surface area (TPSA) is 38.3 Å². The van der Waals surface area contributed by atoms with E-state index in [0.717, 1.165) is 29.3 Å². The van der Waals surface area contributed by atoms with E-state index in [4.69, 9.17) is 4.74 Å². The fraction of sp³-hybridized carbons (Fsp3) is 0.421. The summed E-state index contributed by atoms with van der Waals surface area (Å²) in [5, 5.41) is 4.99. The summed E-state index contributed by atoms with van der Waals surface area (Å²) in [6.07, 6.45) is 5.27. The number of hydrogen-bond acceptors (Lipinski definition) is 2. The van der Waals surface area contributed by atoms with Gasteiger partial charge in [-0.05, 0) is 31.2 Å². The molecular formula is C19H25NO2. The number of benzene rings is 2. The zero-order valence-electron chi connectivity index (χ0n) is 13.5. The number of unbranched alkanes of at least 4 members (excludes halogenated alkanes) is 3. The summed E-state index contributed by atoms with van der Waals surface area (Å²) in [5.74, 6) is 0. The van der Waals surface area contributed by atoms with Crippen LogP contribution in [0.3, 0.4) is 0 Å². The molecule has 0 unspecified atom stereocenters. The van der Waals surface area contributed by atoms with Gasteiger partial charge in [0.05, 0.1) is 5.69 Å². The van der Waals surface area contributed by atoms with Crippen LogP contribution in [0.1, 0.15) is 46.0 Å². The van der Waals surface area contributed by atoms with E-state index in [2.05, 4.69) is 12.2 Å². The minimum atomic E-state index is -0.376. The number of carbonyl (C=O) groups is 1. The first kappa shape index (κ1) is 16.3. The maximum Gasteiger partial charge on any atom is 0.411 e. The van der Waals surface area contributed by atoms with E-state index < -0.39 is 0 Å². The van der Waals surface area contributed by atoms with Crippen LogP contribution in [0, 0.1) is 0 Å². The SMILES string of the molecule is CCCCCC[C@H](C)OC(=O)Nc1cccc2ccccc12. The van der Waals surface area contributed by atoms with Gasteiger partial charge in [0, 0.05) is 5.39 Å². The summed E-state index contributed by atoms with van der Waals surface area (Å²) in [5.41, 5.74) is 0.793. The van der Waals surface area contributed by atoms with Gasteiger partial charge in [0.15, 0.2) is 0 Å². The molecule has 0 fully saturated rings. The minimum absolute atomic E-state index is 0.0492. The third-order valence-corrected chi connectivity index (χ3v) is 3.80. The molecular weight excluding hydrogens is 274 g/mol. The number of carbonyl (C=O) groups excluding carboxylic acids is 1. The molecule has 0 heterocycles. The predicted molar refractivity (Wildman–Crippen MR) is 92.3 cm³/mol. The molecule has 1 amide bonds. The van der Waals surface area contributed by atoms with Gasteiger partial charge < -0.3 is 4.74 Å².